The van der Waals surface area contributed by atoms with Crippen LogP contribution in [0.3, 0.4) is 0 Å². The van der Waals surface area contributed by atoms with Crippen LogP contribution >= 0.6 is 11.3 Å². The summed E-state index contributed by atoms with van der Waals surface area (Å²) in [6.07, 6.45) is -0.0953. The summed E-state index contributed by atoms with van der Waals surface area (Å²) < 4.78 is 0. The summed E-state index contributed by atoms with van der Waals surface area (Å²) in [5.41, 5.74) is 1.86. The highest BCUT2D eigenvalue weighted by Crippen LogP contribution is 2.17. The zero-order chi connectivity index (χ0) is 16.7. The molecule has 2 rings (SSSR count). The van der Waals surface area contributed by atoms with Crippen molar-refractivity contribution in [2.24, 2.45) is 0 Å². The third-order valence-corrected chi connectivity index (χ3v) is 4.22. The van der Waals surface area contributed by atoms with Gasteiger partial charge < -0.3 is 20.6 Å². The van der Waals surface area contributed by atoms with Crippen molar-refractivity contribution in [3.8, 4) is 0 Å². The number of urea groups is 1. The van der Waals surface area contributed by atoms with Crippen LogP contribution in [0.15, 0.2) is 35.7 Å². The zero-order valence-corrected chi connectivity index (χ0v) is 14.1. The van der Waals surface area contributed by atoms with Gasteiger partial charge in [-0.1, -0.05) is 30.3 Å². The lowest BCUT2D eigenvalue weighted by Gasteiger charge is -2.12. The van der Waals surface area contributed by atoms with Crippen molar-refractivity contribution in [2.45, 2.75) is 19.1 Å². The summed E-state index contributed by atoms with van der Waals surface area (Å²) in [4.78, 5) is 18.1. The van der Waals surface area contributed by atoms with Gasteiger partial charge in [-0.3, -0.25) is 0 Å². The molecule has 1 unspecified atom stereocenters. The zero-order valence-electron chi connectivity index (χ0n) is 13.3. The highest BCUT2D eigenvalue weighted by atomic mass is 32.1. The first-order valence-electron chi connectivity index (χ1n) is 7.40. The molecule has 0 aliphatic rings. The molecule has 124 valence electrons. The van der Waals surface area contributed by atoms with Gasteiger partial charge in [0, 0.05) is 32.4 Å². The molecule has 2 aromatic rings. The number of amides is 2. The molecule has 1 aromatic heterocycles. The van der Waals surface area contributed by atoms with Crippen molar-refractivity contribution in [1.82, 2.24) is 15.6 Å². The average Bonchev–Trinajstić information content (AvgIpc) is 3.01. The van der Waals surface area contributed by atoms with Crippen LogP contribution in [-0.4, -0.2) is 42.9 Å². The van der Waals surface area contributed by atoms with Crippen molar-refractivity contribution in [3.05, 3.63) is 47.0 Å². The summed E-state index contributed by atoms with van der Waals surface area (Å²) in [7, 11) is 3.85. The molecule has 3 N–H and O–H groups in total. The van der Waals surface area contributed by atoms with Gasteiger partial charge >= 0.3 is 6.03 Å². The Morgan fingerprint density at radius 1 is 1.30 bits per heavy atom. The van der Waals surface area contributed by atoms with Crippen LogP contribution in [0.1, 0.15) is 11.3 Å². The first kappa shape index (κ1) is 17.2. The Hall–Kier alpha value is -2.12. The number of rotatable bonds is 7. The topological polar surface area (TPSA) is 77.5 Å². The molecule has 0 saturated heterocycles. The third kappa shape index (κ3) is 5.88. The average molecular weight is 334 g/mol. The Kier molecular flexibility index (Phi) is 6.37. The molecule has 0 aliphatic carbocycles. The summed E-state index contributed by atoms with van der Waals surface area (Å²) in [6.45, 7) is 0.575. The van der Waals surface area contributed by atoms with E-state index in [1.807, 2.05) is 54.7 Å². The van der Waals surface area contributed by atoms with Gasteiger partial charge in [0.2, 0.25) is 0 Å². The number of aliphatic hydroxyl groups excluding tert-OH is 1. The molecule has 0 saturated carbocycles. The lowest BCUT2D eigenvalue weighted by molar-refractivity contribution is 0.170. The number of hydrogen-bond donors (Lipinski definition) is 3. The fraction of sp³-hybridized carbons (Fsp3) is 0.375. The smallest absolute Gasteiger partial charge is 0.315 e. The Balaban J connectivity index is 1.68. The molecule has 1 atom stereocenters. The van der Waals surface area contributed by atoms with E-state index in [1.54, 1.807) is 0 Å². The molecule has 0 aliphatic heterocycles. The number of carbonyl (C=O) groups excluding carboxylic acids is 1. The fourth-order valence-electron chi connectivity index (χ4n) is 1.99. The van der Waals surface area contributed by atoms with Crippen LogP contribution < -0.4 is 15.5 Å². The number of carbonyl (C=O) groups is 1. The van der Waals surface area contributed by atoms with Gasteiger partial charge in [-0.05, 0) is 5.56 Å². The third-order valence-electron chi connectivity index (χ3n) is 3.16. The number of thiazole rings is 1. The molecule has 0 spiro atoms. The fourth-order valence-corrected chi connectivity index (χ4v) is 2.74. The number of hydrogen-bond acceptors (Lipinski definition) is 5. The highest BCUT2D eigenvalue weighted by molar-refractivity contribution is 7.13. The maximum Gasteiger partial charge on any atom is 0.315 e. The van der Waals surface area contributed by atoms with Crippen molar-refractivity contribution in [1.29, 1.82) is 0 Å². The first-order chi connectivity index (χ1) is 11.0. The molecule has 1 heterocycles. The first-order valence-corrected chi connectivity index (χ1v) is 8.28. The molecule has 0 fully saturated rings. The summed E-state index contributed by atoms with van der Waals surface area (Å²) in [5.74, 6) is 0. The van der Waals surface area contributed by atoms with Crippen molar-refractivity contribution < 1.29 is 9.90 Å². The number of nitrogens with one attached hydrogen (secondary N) is 2. The largest absolute Gasteiger partial charge is 0.391 e. The van der Waals surface area contributed by atoms with E-state index in [1.165, 1.54) is 11.3 Å². The van der Waals surface area contributed by atoms with E-state index in [9.17, 15) is 9.90 Å². The molecule has 1 aromatic carbocycles. The standard InChI is InChI=1S/C16H22N4O2S/c1-20(2)16-19-13(11-23-16)9-17-15(22)18-10-14(21)8-12-6-4-3-5-7-12/h3-7,11,14,21H,8-10H2,1-2H3,(H2,17,18,22). The Labute approximate surface area is 140 Å². The van der Waals surface area contributed by atoms with Crippen molar-refractivity contribution in [2.75, 3.05) is 25.5 Å². The van der Waals surface area contributed by atoms with E-state index in [-0.39, 0.29) is 12.6 Å². The second-order valence-corrected chi connectivity index (χ2v) is 6.26. The van der Waals surface area contributed by atoms with Crippen LogP contribution in [0.25, 0.3) is 0 Å². The summed E-state index contributed by atoms with van der Waals surface area (Å²) >= 11 is 1.53. The molecule has 0 bridgehead atoms. The van der Waals surface area contributed by atoms with Crippen molar-refractivity contribution in [3.63, 3.8) is 0 Å². The second-order valence-electron chi connectivity index (χ2n) is 5.42. The van der Waals surface area contributed by atoms with Crippen LogP contribution in [-0.2, 0) is 13.0 Å². The van der Waals surface area contributed by atoms with Gasteiger partial charge in [-0.25, -0.2) is 9.78 Å². The normalized spacial score (nSPS) is 11.8. The minimum Gasteiger partial charge on any atom is -0.391 e. The molecule has 0 radical (unpaired) electrons. The molecule has 6 nitrogen and oxygen atoms in total. The van der Waals surface area contributed by atoms with Crippen LogP contribution in [0.2, 0.25) is 0 Å². The Bertz CT molecular complexity index is 616. The Morgan fingerprint density at radius 2 is 2.04 bits per heavy atom. The SMILES string of the molecule is CN(C)c1nc(CNC(=O)NCC(O)Cc2ccccc2)cs1. The maximum absolute atomic E-state index is 11.7. The van der Waals surface area contributed by atoms with Gasteiger partial charge in [0.05, 0.1) is 18.3 Å². The summed E-state index contributed by atoms with van der Waals surface area (Å²) in [5, 5.41) is 18.2. The molecule has 23 heavy (non-hydrogen) atoms. The highest BCUT2D eigenvalue weighted by Gasteiger charge is 2.09. The predicted octanol–water partition coefficient (Wildman–Crippen LogP) is 1.61. The lowest BCUT2D eigenvalue weighted by Crippen LogP contribution is -2.40. The van der Waals surface area contributed by atoms with Gasteiger partial charge in [0.15, 0.2) is 5.13 Å². The molecule has 7 heteroatoms. The van der Waals surface area contributed by atoms with E-state index in [0.717, 1.165) is 16.4 Å². The van der Waals surface area contributed by atoms with Crippen LogP contribution in [0, 0.1) is 0 Å². The maximum atomic E-state index is 11.7. The number of nitrogens with zero attached hydrogens (tertiary/aromatic N) is 2. The molecule has 2 amide bonds. The van der Waals surface area contributed by atoms with E-state index < -0.39 is 6.10 Å². The van der Waals surface area contributed by atoms with Crippen LogP contribution in [0.4, 0.5) is 9.93 Å². The quantitative estimate of drug-likeness (QED) is 0.719. The minimum absolute atomic E-state index is 0.209. The number of aromatic nitrogens is 1. The van der Waals surface area contributed by atoms with Crippen LogP contribution in [0.5, 0.6) is 0 Å². The van der Waals surface area contributed by atoms with E-state index >= 15 is 0 Å². The molecular weight excluding hydrogens is 312 g/mol. The Morgan fingerprint density at radius 3 is 2.70 bits per heavy atom. The number of benzene rings is 1. The van der Waals surface area contributed by atoms with E-state index in [0.29, 0.717) is 13.0 Å². The predicted molar refractivity (Wildman–Crippen MR) is 92.8 cm³/mol. The van der Waals surface area contributed by atoms with Gasteiger partial charge in [0.1, 0.15) is 0 Å². The van der Waals surface area contributed by atoms with Crippen molar-refractivity contribution >= 4 is 22.5 Å². The van der Waals surface area contributed by atoms with Gasteiger partial charge in [-0.2, -0.15) is 0 Å². The number of anilines is 1. The second kappa shape index (κ2) is 8.50. The summed E-state index contributed by atoms with van der Waals surface area (Å²) in [6, 6.07) is 9.39. The monoisotopic (exact) mass is 334 g/mol. The number of aliphatic hydroxyl groups is 1. The van der Waals surface area contributed by atoms with E-state index in [2.05, 4.69) is 15.6 Å². The van der Waals surface area contributed by atoms with E-state index in [4.69, 9.17) is 0 Å². The molecular formula is C16H22N4O2S. The minimum atomic E-state index is -0.609. The van der Waals surface area contributed by atoms with Gasteiger partial charge in [0.25, 0.3) is 0 Å². The van der Waals surface area contributed by atoms with Gasteiger partial charge in [-0.15, -0.1) is 11.3 Å². The lowest BCUT2D eigenvalue weighted by atomic mass is 10.1.